The minimum Gasteiger partial charge on any atom is -0.462 e. The Hall–Kier alpha value is -4.56. The molecule has 3 heterocycles. The van der Waals surface area contributed by atoms with Crippen molar-refractivity contribution >= 4 is 47.7 Å². The molecule has 3 aliphatic rings. The van der Waals surface area contributed by atoms with Gasteiger partial charge in [-0.1, -0.05) is 0 Å². The lowest BCUT2D eigenvalue weighted by atomic mass is 9.94. The van der Waals surface area contributed by atoms with Gasteiger partial charge in [0.15, 0.2) is 49.4 Å². The third kappa shape index (κ3) is 14.7. The van der Waals surface area contributed by atoms with Gasteiger partial charge in [0.1, 0.15) is 55.9 Å². The molecular weight excluding hydrogens is 862 g/mol. The zero-order valence-electron chi connectivity index (χ0n) is 37.8. The summed E-state index contributed by atoms with van der Waals surface area (Å²) in [4.78, 5) is 101. The number of nitrogens with one attached hydrogen (secondary N) is 1. The van der Waals surface area contributed by atoms with Gasteiger partial charge < -0.3 is 77.5 Å². The summed E-state index contributed by atoms with van der Waals surface area (Å²) in [5, 5.41) is 35.8. The molecule has 24 heteroatoms. The molecule has 1 amide bonds. The molecule has 0 aliphatic carbocycles. The van der Waals surface area contributed by atoms with Crippen LogP contribution in [-0.4, -0.2) is 175 Å². The van der Waals surface area contributed by atoms with Crippen LogP contribution < -0.4 is 5.32 Å². The third-order valence-corrected chi connectivity index (χ3v) is 9.50. The standard InChI is InChI=1S/C40H61NO23/c1-16(43)41-25-29(63-36-33(59-21(6)48)31(57-19(4)46)28(56-18(3)45)24(62-36)15-54-38(52)40(10,11)12)26(49)22(13-42)61-35(25)64-30-27(55-17(2)44)23(14-53-37(51)39(7,8)9)60-34(50)32(30)58-20(5)47/h22-36,42,49-50H,13-15H2,1-12H3,(H,41,43)/t22-,23-,24-,25-,26-,27+,28+,29-,30+,31+,32-,33-,34-,35+,36+/m1/s1. The summed E-state index contributed by atoms with van der Waals surface area (Å²) in [6.07, 6.45) is -24.9. The van der Waals surface area contributed by atoms with Crippen LogP contribution in [0.5, 0.6) is 0 Å². The number of hydrogen-bond acceptors (Lipinski definition) is 23. The van der Waals surface area contributed by atoms with E-state index in [0.717, 1.165) is 41.5 Å². The van der Waals surface area contributed by atoms with Crippen molar-refractivity contribution in [1.29, 1.82) is 0 Å². The van der Waals surface area contributed by atoms with Crippen molar-refractivity contribution in [1.82, 2.24) is 5.32 Å². The highest BCUT2D eigenvalue weighted by Gasteiger charge is 2.58. The monoisotopic (exact) mass is 923 g/mol. The van der Waals surface area contributed by atoms with Crippen molar-refractivity contribution < 1.29 is 111 Å². The fourth-order valence-electron chi connectivity index (χ4n) is 6.73. The van der Waals surface area contributed by atoms with E-state index in [1.54, 1.807) is 41.5 Å². The maximum Gasteiger partial charge on any atom is 0.311 e. The Morgan fingerprint density at radius 1 is 0.500 bits per heavy atom. The largest absolute Gasteiger partial charge is 0.462 e. The molecule has 3 saturated heterocycles. The Labute approximate surface area is 369 Å². The lowest BCUT2D eigenvalue weighted by Crippen LogP contribution is -2.70. The molecule has 0 bridgehead atoms. The molecule has 24 nitrogen and oxygen atoms in total. The van der Waals surface area contributed by atoms with Crippen LogP contribution in [0.1, 0.15) is 83.1 Å². The van der Waals surface area contributed by atoms with Gasteiger partial charge in [0.25, 0.3) is 0 Å². The second-order valence-corrected chi connectivity index (χ2v) is 17.3. The van der Waals surface area contributed by atoms with Crippen molar-refractivity contribution in [3.05, 3.63) is 0 Å². The second kappa shape index (κ2) is 22.6. The summed E-state index contributed by atoms with van der Waals surface area (Å²) in [5.74, 6) is -7.04. The van der Waals surface area contributed by atoms with Gasteiger partial charge >= 0.3 is 41.8 Å². The zero-order chi connectivity index (χ0) is 48.6. The van der Waals surface area contributed by atoms with E-state index in [1.165, 1.54) is 0 Å². The number of ether oxygens (including phenoxy) is 12. The van der Waals surface area contributed by atoms with E-state index >= 15 is 0 Å². The number of aliphatic hydroxyl groups excluding tert-OH is 3. The van der Waals surface area contributed by atoms with E-state index in [9.17, 15) is 53.7 Å². The Kier molecular flexibility index (Phi) is 19.0. The maximum atomic E-state index is 12.9. The Morgan fingerprint density at radius 2 is 0.891 bits per heavy atom. The lowest BCUT2D eigenvalue weighted by Gasteiger charge is -2.50. The first-order valence-electron chi connectivity index (χ1n) is 20.3. The van der Waals surface area contributed by atoms with Gasteiger partial charge in [-0.15, -0.1) is 0 Å². The summed E-state index contributed by atoms with van der Waals surface area (Å²) >= 11 is 0. The van der Waals surface area contributed by atoms with Gasteiger partial charge in [0, 0.05) is 41.5 Å². The van der Waals surface area contributed by atoms with Crippen molar-refractivity contribution in [2.24, 2.45) is 10.8 Å². The molecule has 0 saturated carbocycles. The highest BCUT2D eigenvalue weighted by molar-refractivity contribution is 5.76. The summed E-state index contributed by atoms with van der Waals surface area (Å²) in [6.45, 7) is 13.1. The topological polar surface area (TPSA) is 320 Å². The van der Waals surface area contributed by atoms with Crippen LogP contribution in [0.4, 0.5) is 0 Å². The minimum atomic E-state index is -2.04. The number of carbonyl (C=O) groups is 8. The highest BCUT2D eigenvalue weighted by atomic mass is 16.8. The molecule has 3 rings (SSSR count). The van der Waals surface area contributed by atoms with Gasteiger partial charge in [-0.3, -0.25) is 38.4 Å². The smallest absolute Gasteiger partial charge is 0.311 e. The number of rotatable bonds is 15. The number of esters is 7. The Bertz CT molecular complexity index is 1690. The summed E-state index contributed by atoms with van der Waals surface area (Å²) in [7, 11) is 0. The normalized spacial score (nSPS) is 33.1. The Morgan fingerprint density at radius 3 is 1.33 bits per heavy atom. The van der Waals surface area contributed by atoms with Crippen molar-refractivity contribution in [3.63, 3.8) is 0 Å². The van der Waals surface area contributed by atoms with E-state index in [4.69, 9.17) is 56.8 Å². The fraction of sp³-hybridized carbons (Fsp3) is 0.800. The molecule has 3 fully saturated rings. The van der Waals surface area contributed by atoms with Crippen LogP contribution in [0.15, 0.2) is 0 Å². The van der Waals surface area contributed by atoms with Crippen LogP contribution in [0.2, 0.25) is 0 Å². The molecule has 3 aliphatic heterocycles. The van der Waals surface area contributed by atoms with Gasteiger partial charge in [-0.2, -0.15) is 0 Å². The summed E-state index contributed by atoms with van der Waals surface area (Å²) in [6, 6.07) is -1.72. The van der Waals surface area contributed by atoms with Crippen LogP contribution in [0.25, 0.3) is 0 Å². The van der Waals surface area contributed by atoms with Gasteiger partial charge in [-0.25, -0.2) is 0 Å². The van der Waals surface area contributed by atoms with Crippen LogP contribution >= 0.6 is 0 Å². The molecule has 0 spiro atoms. The zero-order valence-corrected chi connectivity index (χ0v) is 37.8. The average molecular weight is 924 g/mol. The van der Waals surface area contributed by atoms with Gasteiger partial charge in [-0.05, 0) is 41.5 Å². The van der Waals surface area contributed by atoms with E-state index in [-0.39, 0.29) is 0 Å². The van der Waals surface area contributed by atoms with Gasteiger partial charge in [0.05, 0.1) is 17.4 Å². The van der Waals surface area contributed by atoms with Crippen LogP contribution in [-0.2, 0) is 95.2 Å². The SMILES string of the molecule is CC(=O)N[C@H]1[C@H](O[C@@H]2[C@@H](OC(C)=O)[C@H](O)O[C@H](COC(=O)C(C)(C)C)[C@@H]2OC(C)=O)O[C@H](CO)[C@@H](O)[C@@H]1O[C@@H]1O[C@H](COC(=O)C(C)(C)C)[C@H](OC(C)=O)[C@H](OC(C)=O)[C@H]1OC(C)=O. The number of aliphatic hydroxyl groups is 3. The minimum absolute atomic E-state index is 0.636. The second-order valence-electron chi connectivity index (χ2n) is 17.3. The maximum absolute atomic E-state index is 12.9. The first-order chi connectivity index (χ1) is 29.5. The number of hydrogen-bond donors (Lipinski definition) is 4. The molecule has 0 aromatic heterocycles. The van der Waals surface area contributed by atoms with E-state index in [0.29, 0.717) is 0 Å². The average Bonchev–Trinajstić information content (AvgIpc) is 3.14. The van der Waals surface area contributed by atoms with E-state index in [2.05, 4.69) is 5.32 Å². The fourth-order valence-corrected chi connectivity index (χ4v) is 6.73. The number of carbonyl (C=O) groups excluding carboxylic acids is 8. The van der Waals surface area contributed by atoms with Crippen LogP contribution in [0.3, 0.4) is 0 Å². The first-order valence-corrected chi connectivity index (χ1v) is 20.3. The Balaban J connectivity index is 2.20. The lowest BCUT2D eigenvalue weighted by molar-refractivity contribution is -0.364. The van der Waals surface area contributed by atoms with Crippen molar-refractivity contribution in [2.45, 2.75) is 175 Å². The van der Waals surface area contributed by atoms with E-state index in [1.807, 2.05) is 0 Å². The molecule has 0 radical (unpaired) electrons. The quantitative estimate of drug-likeness (QED) is 0.109. The molecule has 0 unspecified atom stereocenters. The summed E-state index contributed by atoms with van der Waals surface area (Å²) < 4.78 is 68.6. The predicted molar refractivity (Wildman–Crippen MR) is 207 cm³/mol. The number of amides is 1. The van der Waals surface area contributed by atoms with E-state index < -0.39 is 170 Å². The molecule has 15 atom stereocenters. The van der Waals surface area contributed by atoms with Crippen molar-refractivity contribution in [3.8, 4) is 0 Å². The van der Waals surface area contributed by atoms with Gasteiger partial charge in [0.2, 0.25) is 5.91 Å². The molecule has 64 heavy (non-hydrogen) atoms. The molecule has 0 aromatic carbocycles. The molecular formula is C40H61NO23. The molecule has 0 aromatic rings. The first kappa shape index (κ1) is 53.8. The third-order valence-electron chi connectivity index (χ3n) is 9.50. The van der Waals surface area contributed by atoms with Crippen LogP contribution in [0, 0.1) is 10.8 Å². The van der Waals surface area contributed by atoms with Crippen molar-refractivity contribution in [2.75, 3.05) is 19.8 Å². The summed E-state index contributed by atoms with van der Waals surface area (Å²) in [5.41, 5.74) is -2.05. The predicted octanol–water partition coefficient (Wildman–Crippen LogP) is -1.38. The molecule has 4 N–H and O–H groups in total. The molecule has 364 valence electrons. The highest BCUT2D eigenvalue weighted by Crippen LogP contribution is 2.36.